The van der Waals surface area contributed by atoms with Crippen LogP contribution in [0.25, 0.3) is 11.3 Å². The SMILES string of the molecule is O=C(Nc1ccc(-c2ccc(F)cc2Cl)nn1)C1C[C@@H]2CN(C[C@H]3CC4C=CC3C4)C[C@@H]2C1. The predicted molar refractivity (Wildman–Crippen MR) is 126 cm³/mol. The van der Waals surface area contributed by atoms with Gasteiger partial charge in [-0.1, -0.05) is 23.8 Å². The van der Waals surface area contributed by atoms with Gasteiger partial charge in [0.05, 0.1) is 10.7 Å². The van der Waals surface area contributed by atoms with Crippen LogP contribution in [0.3, 0.4) is 0 Å². The highest BCUT2D eigenvalue weighted by atomic mass is 35.5. The summed E-state index contributed by atoms with van der Waals surface area (Å²) >= 11 is 6.11. The molecule has 4 aliphatic rings. The van der Waals surface area contributed by atoms with E-state index in [9.17, 15) is 9.18 Å². The Balaban J connectivity index is 1.02. The highest BCUT2D eigenvalue weighted by molar-refractivity contribution is 6.33. The topological polar surface area (TPSA) is 58.1 Å². The van der Waals surface area contributed by atoms with Gasteiger partial charge in [0, 0.05) is 31.1 Å². The highest BCUT2D eigenvalue weighted by Crippen LogP contribution is 2.46. The van der Waals surface area contributed by atoms with E-state index in [0.717, 1.165) is 43.7 Å². The first-order valence-corrected chi connectivity index (χ1v) is 12.4. The Morgan fingerprint density at radius 2 is 1.88 bits per heavy atom. The van der Waals surface area contributed by atoms with Gasteiger partial charge >= 0.3 is 0 Å². The summed E-state index contributed by atoms with van der Waals surface area (Å²) in [5, 5.41) is 11.5. The minimum atomic E-state index is -0.396. The Morgan fingerprint density at radius 3 is 2.52 bits per heavy atom. The number of benzene rings is 1. The molecule has 3 aliphatic carbocycles. The molecular formula is C26H28ClFN4O. The number of halogens is 2. The average Bonchev–Trinajstić information content (AvgIpc) is 3.55. The number of nitrogens with zero attached hydrogens (tertiary/aromatic N) is 3. The molecule has 1 aromatic carbocycles. The van der Waals surface area contributed by atoms with Crippen molar-refractivity contribution >= 4 is 23.3 Å². The maximum atomic E-state index is 13.3. The lowest BCUT2D eigenvalue weighted by Gasteiger charge is -2.26. The van der Waals surface area contributed by atoms with Gasteiger partial charge in [-0.2, -0.15) is 0 Å². The molecule has 5 nitrogen and oxygen atoms in total. The first-order valence-electron chi connectivity index (χ1n) is 12.0. The smallest absolute Gasteiger partial charge is 0.228 e. The van der Waals surface area contributed by atoms with Crippen LogP contribution in [0, 0.1) is 41.3 Å². The number of rotatable bonds is 5. The third-order valence-corrected chi connectivity index (χ3v) is 8.54. The number of amides is 1. The molecule has 172 valence electrons. The van der Waals surface area contributed by atoms with Gasteiger partial charge in [0.25, 0.3) is 0 Å². The maximum absolute atomic E-state index is 13.3. The van der Waals surface area contributed by atoms with E-state index in [1.807, 2.05) is 0 Å². The molecular weight excluding hydrogens is 439 g/mol. The number of allylic oxidation sites excluding steroid dienone is 2. The van der Waals surface area contributed by atoms with Crippen molar-refractivity contribution < 1.29 is 9.18 Å². The zero-order valence-corrected chi connectivity index (χ0v) is 19.2. The molecule has 0 spiro atoms. The van der Waals surface area contributed by atoms with Crippen molar-refractivity contribution in [2.75, 3.05) is 25.0 Å². The summed E-state index contributed by atoms with van der Waals surface area (Å²) in [6, 6.07) is 7.64. The van der Waals surface area contributed by atoms with E-state index in [-0.39, 0.29) is 16.8 Å². The second-order valence-electron chi connectivity index (χ2n) is 10.4. The van der Waals surface area contributed by atoms with Crippen molar-refractivity contribution in [3.8, 4) is 11.3 Å². The van der Waals surface area contributed by atoms with Gasteiger partial charge in [-0.25, -0.2) is 4.39 Å². The Hall–Kier alpha value is -2.31. The lowest BCUT2D eigenvalue weighted by molar-refractivity contribution is -0.119. The molecule has 1 aromatic heterocycles. The molecule has 3 fully saturated rings. The number of hydrogen-bond donors (Lipinski definition) is 1. The number of fused-ring (bicyclic) bond motifs is 3. The molecule has 2 bridgehead atoms. The van der Waals surface area contributed by atoms with E-state index in [0.29, 0.717) is 28.9 Å². The van der Waals surface area contributed by atoms with Crippen LogP contribution in [0.15, 0.2) is 42.5 Å². The summed E-state index contributed by atoms with van der Waals surface area (Å²) in [5.74, 6) is 3.85. The zero-order chi connectivity index (χ0) is 22.5. The fourth-order valence-electron chi connectivity index (χ4n) is 6.66. The summed E-state index contributed by atoms with van der Waals surface area (Å²) < 4.78 is 13.3. The molecule has 1 N–H and O–H groups in total. The molecule has 2 heterocycles. The van der Waals surface area contributed by atoms with E-state index in [1.54, 1.807) is 18.2 Å². The molecule has 1 aliphatic heterocycles. The first-order chi connectivity index (χ1) is 16.0. The minimum Gasteiger partial charge on any atom is -0.309 e. The summed E-state index contributed by atoms with van der Waals surface area (Å²) in [6.45, 7) is 3.51. The maximum Gasteiger partial charge on any atom is 0.228 e. The Morgan fingerprint density at radius 1 is 1.06 bits per heavy atom. The number of likely N-dealkylation sites (tertiary alicyclic amines) is 1. The quantitative estimate of drug-likeness (QED) is 0.627. The van der Waals surface area contributed by atoms with Crippen molar-refractivity contribution in [2.24, 2.45) is 35.5 Å². The van der Waals surface area contributed by atoms with E-state index < -0.39 is 5.82 Å². The Bertz CT molecular complexity index is 1080. The predicted octanol–water partition coefficient (Wildman–Crippen LogP) is 5.04. The first kappa shape index (κ1) is 21.2. The molecule has 33 heavy (non-hydrogen) atoms. The van der Waals surface area contributed by atoms with Crippen LogP contribution in [0.2, 0.25) is 5.02 Å². The van der Waals surface area contributed by atoms with Gasteiger partial charge in [0.15, 0.2) is 5.82 Å². The third-order valence-electron chi connectivity index (χ3n) is 8.23. The molecule has 1 saturated heterocycles. The third kappa shape index (κ3) is 4.19. The van der Waals surface area contributed by atoms with Gasteiger partial charge in [-0.15, -0.1) is 10.2 Å². The number of nitrogens with one attached hydrogen (secondary N) is 1. The van der Waals surface area contributed by atoms with E-state index >= 15 is 0 Å². The van der Waals surface area contributed by atoms with Crippen LogP contribution < -0.4 is 5.32 Å². The van der Waals surface area contributed by atoms with Crippen LogP contribution in [-0.4, -0.2) is 40.6 Å². The van der Waals surface area contributed by atoms with Crippen molar-refractivity contribution in [1.82, 2.24) is 15.1 Å². The standard InChI is InChI=1S/C26H28ClFN4O/c27-23-11-21(28)3-4-22(23)24-5-6-25(31-30-24)29-26(33)17-9-19-13-32(14-20(19)10-17)12-18-8-15-1-2-16(18)7-15/h1-6,11,15-20H,7-10,12-14H2,(H,29,31,33)/t15?,16?,17?,18-,19-,20+/m1/s1. The summed E-state index contributed by atoms with van der Waals surface area (Å²) in [7, 11) is 0. The second-order valence-corrected chi connectivity index (χ2v) is 10.8. The van der Waals surface area contributed by atoms with Gasteiger partial charge < -0.3 is 10.2 Å². The number of carbonyl (C=O) groups excluding carboxylic acids is 1. The number of carbonyl (C=O) groups is 1. The molecule has 7 heteroatoms. The normalized spacial score (nSPS) is 32.4. The molecule has 2 saturated carbocycles. The molecule has 2 aromatic rings. The monoisotopic (exact) mass is 466 g/mol. The molecule has 3 unspecified atom stereocenters. The number of hydrogen-bond acceptors (Lipinski definition) is 4. The van der Waals surface area contributed by atoms with Crippen molar-refractivity contribution in [3.63, 3.8) is 0 Å². The minimum absolute atomic E-state index is 0.0380. The van der Waals surface area contributed by atoms with Crippen molar-refractivity contribution in [1.29, 1.82) is 0 Å². The summed E-state index contributed by atoms with van der Waals surface area (Å²) in [6.07, 6.45) is 9.51. The van der Waals surface area contributed by atoms with E-state index in [4.69, 9.17) is 11.6 Å². The van der Waals surface area contributed by atoms with E-state index in [1.165, 1.54) is 31.5 Å². The molecule has 6 rings (SSSR count). The lowest BCUT2D eigenvalue weighted by Crippen LogP contribution is -2.31. The molecule has 1 amide bonds. The number of aromatic nitrogens is 2. The fraction of sp³-hybridized carbons (Fsp3) is 0.500. The van der Waals surface area contributed by atoms with Crippen molar-refractivity contribution in [2.45, 2.75) is 25.7 Å². The summed E-state index contributed by atoms with van der Waals surface area (Å²) in [5.41, 5.74) is 1.15. The molecule has 6 atom stereocenters. The van der Waals surface area contributed by atoms with Crippen LogP contribution in [-0.2, 0) is 4.79 Å². The zero-order valence-electron chi connectivity index (χ0n) is 18.5. The Labute approximate surface area is 198 Å². The van der Waals surface area contributed by atoms with Crippen molar-refractivity contribution in [3.05, 3.63) is 53.3 Å². The van der Waals surface area contributed by atoms with Crippen LogP contribution in [0.4, 0.5) is 10.2 Å². The van der Waals surface area contributed by atoms with Gasteiger partial charge in [-0.05, 0) is 85.6 Å². The highest BCUT2D eigenvalue weighted by Gasteiger charge is 2.45. The Kier molecular flexibility index (Phi) is 5.46. The lowest BCUT2D eigenvalue weighted by atomic mass is 9.93. The van der Waals surface area contributed by atoms with Crippen LogP contribution in [0.1, 0.15) is 25.7 Å². The van der Waals surface area contributed by atoms with Crippen LogP contribution >= 0.6 is 11.6 Å². The van der Waals surface area contributed by atoms with Crippen LogP contribution in [0.5, 0.6) is 0 Å². The van der Waals surface area contributed by atoms with Gasteiger partial charge in [0.2, 0.25) is 5.91 Å². The van der Waals surface area contributed by atoms with Gasteiger partial charge in [-0.3, -0.25) is 4.79 Å². The van der Waals surface area contributed by atoms with Gasteiger partial charge in [0.1, 0.15) is 5.82 Å². The largest absolute Gasteiger partial charge is 0.309 e. The fourth-order valence-corrected chi connectivity index (χ4v) is 6.93. The number of anilines is 1. The average molecular weight is 467 g/mol. The second kappa shape index (κ2) is 8.48. The molecule has 0 radical (unpaired) electrons. The van der Waals surface area contributed by atoms with E-state index in [2.05, 4.69) is 32.6 Å². The summed E-state index contributed by atoms with van der Waals surface area (Å²) in [4.78, 5) is 15.5.